The van der Waals surface area contributed by atoms with Crippen molar-refractivity contribution in [3.05, 3.63) is 64.1 Å². The summed E-state index contributed by atoms with van der Waals surface area (Å²) in [5, 5.41) is 1.51. The van der Waals surface area contributed by atoms with Crippen molar-refractivity contribution >= 4 is 35.0 Å². The molecule has 1 unspecified atom stereocenters. The van der Waals surface area contributed by atoms with Gasteiger partial charge in [0.15, 0.2) is 0 Å². The van der Waals surface area contributed by atoms with Crippen LogP contribution in [0.4, 0.5) is 0 Å². The highest BCUT2D eigenvalue weighted by molar-refractivity contribution is 7.99. The van der Waals surface area contributed by atoms with E-state index in [4.69, 9.17) is 28.9 Å². The fourth-order valence-electron chi connectivity index (χ4n) is 1.83. The van der Waals surface area contributed by atoms with Crippen LogP contribution >= 0.6 is 35.0 Å². The van der Waals surface area contributed by atoms with E-state index in [1.54, 1.807) is 11.8 Å². The van der Waals surface area contributed by atoms with Gasteiger partial charge in [-0.15, -0.1) is 11.8 Å². The summed E-state index contributed by atoms with van der Waals surface area (Å²) in [6.45, 7) is 0.661. The highest BCUT2D eigenvalue weighted by Crippen LogP contribution is 2.39. The lowest BCUT2D eigenvalue weighted by Crippen LogP contribution is -2.04. The summed E-state index contributed by atoms with van der Waals surface area (Å²) in [6.07, 6.45) is 0.926. The van der Waals surface area contributed by atoms with Crippen LogP contribution in [0.3, 0.4) is 0 Å². The summed E-state index contributed by atoms with van der Waals surface area (Å²) >= 11 is 13.8. The smallest absolute Gasteiger partial charge is 0.0603 e. The summed E-state index contributed by atoms with van der Waals surface area (Å²) in [5.74, 6) is 0. The Labute approximate surface area is 128 Å². The van der Waals surface area contributed by atoms with Crippen LogP contribution in [0.5, 0.6) is 0 Å². The van der Waals surface area contributed by atoms with Gasteiger partial charge in [-0.3, -0.25) is 0 Å². The predicted molar refractivity (Wildman–Crippen MR) is 85.2 cm³/mol. The molecule has 0 heterocycles. The third-order valence-corrected chi connectivity index (χ3v) is 4.83. The minimum absolute atomic E-state index is 0.337. The molecule has 1 nitrogen and oxygen atoms in total. The van der Waals surface area contributed by atoms with E-state index in [1.807, 2.05) is 36.4 Å². The Balaban J connectivity index is 2.19. The second-order valence-corrected chi connectivity index (χ2v) is 6.26. The largest absolute Gasteiger partial charge is 0.330 e. The number of benzene rings is 2. The molecule has 100 valence electrons. The minimum atomic E-state index is 0.337. The molecular weight excluding hydrogens is 297 g/mol. The van der Waals surface area contributed by atoms with E-state index in [9.17, 15) is 0 Å². The zero-order valence-electron chi connectivity index (χ0n) is 10.4. The Morgan fingerprint density at radius 1 is 1.00 bits per heavy atom. The summed E-state index contributed by atoms with van der Waals surface area (Å²) < 4.78 is 0. The molecule has 19 heavy (non-hydrogen) atoms. The van der Waals surface area contributed by atoms with Crippen LogP contribution in [0.25, 0.3) is 0 Å². The fourth-order valence-corrected chi connectivity index (χ4v) is 3.40. The van der Waals surface area contributed by atoms with Crippen molar-refractivity contribution in [1.29, 1.82) is 0 Å². The molecule has 2 aromatic carbocycles. The summed E-state index contributed by atoms with van der Waals surface area (Å²) in [7, 11) is 0. The Kier molecular flexibility index (Phi) is 5.59. The molecule has 4 heteroatoms. The molecule has 0 saturated heterocycles. The number of rotatable bonds is 5. The maximum atomic E-state index is 6.05. The van der Waals surface area contributed by atoms with Gasteiger partial charge in [-0.25, -0.2) is 0 Å². The van der Waals surface area contributed by atoms with Crippen molar-refractivity contribution in [2.75, 3.05) is 6.54 Å². The molecular formula is C15H15Cl2NS. The van der Waals surface area contributed by atoms with Crippen LogP contribution in [0.15, 0.2) is 53.4 Å². The topological polar surface area (TPSA) is 26.0 Å². The first kappa shape index (κ1) is 14.7. The standard InChI is InChI=1S/C15H15Cl2NS/c16-13-7-6-12(10-14(13)17)19-15(8-9-18)11-4-2-1-3-5-11/h1-7,10,15H,8-9,18H2. The number of thioether (sulfide) groups is 1. The van der Waals surface area contributed by atoms with Crippen LogP contribution in [-0.2, 0) is 0 Å². The molecule has 0 amide bonds. The fraction of sp³-hybridized carbons (Fsp3) is 0.200. The van der Waals surface area contributed by atoms with Gasteiger partial charge in [0, 0.05) is 10.1 Å². The zero-order valence-corrected chi connectivity index (χ0v) is 12.7. The summed E-state index contributed by atoms with van der Waals surface area (Å²) in [4.78, 5) is 1.11. The molecule has 0 spiro atoms. The predicted octanol–water partition coefficient (Wildman–Crippen LogP) is 5.18. The van der Waals surface area contributed by atoms with Crippen molar-refractivity contribution in [2.24, 2.45) is 5.73 Å². The van der Waals surface area contributed by atoms with E-state index in [0.717, 1.165) is 11.3 Å². The zero-order chi connectivity index (χ0) is 13.7. The second-order valence-electron chi connectivity index (χ2n) is 4.17. The highest BCUT2D eigenvalue weighted by atomic mass is 35.5. The SMILES string of the molecule is NCCC(Sc1ccc(Cl)c(Cl)c1)c1ccccc1. The first-order valence-electron chi connectivity index (χ1n) is 6.07. The van der Waals surface area contributed by atoms with Gasteiger partial charge in [0.05, 0.1) is 10.0 Å². The van der Waals surface area contributed by atoms with Gasteiger partial charge in [0.25, 0.3) is 0 Å². The average Bonchev–Trinajstić information content (AvgIpc) is 2.43. The molecule has 0 aliphatic heterocycles. The summed E-state index contributed by atoms with van der Waals surface area (Å²) in [6, 6.07) is 16.1. The van der Waals surface area contributed by atoms with Crippen molar-refractivity contribution in [2.45, 2.75) is 16.6 Å². The molecule has 0 fully saturated rings. The molecule has 0 aliphatic rings. The quantitative estimate of drug-likeness (QED) is 0.770. The number of hydrogen-bond acceptors (Lipinski definition) is 2. The second kappa shape index (κ2) is 7.20. The summed E-state index contributed by atoms with van der Waals surface area (Å²) in [5.41, 5.74) is 7.00. The van der Waals surface area contributed by atoms with Gasteiger partial charge < -0.3 is 5.73 Å². The molecule has 2 rings (SSSR count). The molecule has 0 saturated carbocycles. The normalized spacial score (nSPS) is 12.4. The third-order valence-electron chi connectivity index (χ3n) is 2.77. The van der Waals surface area contributed by atoms with Crippen LogP contribution in [0.2, 0.25) is 10.0 Å². The molecule has 2 N–H and O–H groups in total. The Hall–Kier alpha value is -0.670. The molecule has 0 bridgehead atoms. The van der Waals surface area contributed by atoms with Crippen molar-refractivity contribution in [1.82, 2.24) is 0 Å². The molecule has 0 aromatic heterocycles. The first-order valence-corrected chi connectivity index (χ1v) is 7.71. The first-order chi connectivity index (χ1) is 9.20. The van der Waals surface area contributed by atoms with Gasteiger partial charge >= 0.3 is 0 Å². The van der Waals surface area contributed by atoms with Gasteiger partial charge in [0.2, 0.25) is 0 Å². The van der Waals surface area contributed by atoms with Crippen LogP contribution in [0, 0.1) is 0 Å². The van der Waals surface area contributed by atoms with E-state index in [2.05, 4.69) is 12.1 Å². The van der Waals surface area contributed by atoms with E-state index >= 15 is 0 Å². The van der Waals surface area contributed by atoms with E-state index in [-0.39, 0.29) is 0 Å². The lowest BCUT2D eigenvalue weighted by molar-refractivity contribution is 0.814. The lowest BCUT2D eigenvalue weighted by atomic mass is 10.1. The van der Waals surface area contributed by atoms with Crippen molar-refractivity contribution in [3.63, 3.8) is 0 Å². The molecule has 0 radical (unpaired) electrons. The van der Waals surface area contributed by atoms with E-state index in [1.165, 1.54) is 5.56 Å². The number of halogens is 2. The Morgan fingerprint density at radius 3 is 2.37 bits per heavy atom. The van der Waals surface area contributed by atoms with Crippen molar-refractivity contribution < 1.29 is 0 Å². The van der Waals surface area contributed by atoms with Crippen LogP contribution in [-0.4, -0.2) is 6.54 Å². The van der Waals surface area contributed by atoms with Gasteiger partial charge in [-0.1, -0.05) is 53.5 Å². The minimum Gasteiger partial charge on any atom is -0.330 e. The van der Waals surface area contributed by atoms with Gasteiger partial charge in [0.1, 0.15) is 0 Å². The third kappa shape index (κ3) is 4.15. The maximum Gasteiger partial charge on any atom is 0.0603 e. The van der Waals surface area contributed by atoms with Crippen LogP contribution < -0.4 is 5.73 Å². The van der Waals surface area contributed by atoms with E-state index in [0.29, 0.717) is 21.8 Å². The molecule has 1 atom stereocenters. The Morgan fingerprint density at radius 2 is 1.74 bits per heavy atom. The lowest BCUT2D eigenvalue weighted by Gasteiger charge is -2.16. The highest BCUT2D eigenvalue weighted by Gasteiger charge is 2.12. The van der Waals surface area contributed by atoms with Crippen molar-refractivity contribution in [3.8, 4) is 0 Å². The van der Waals surface area contributed by atoms with Gasteiger partial charge in [-0.05, 0) is 36.7 Å². The van der Waals surface area contributed by atoms with Gasteiger partial charge in [-0.2, -0.15) is 0 Å². The molecule has 2 aromatic rings. The molecule has 0 aliphatic carbocycles. The maximum absolute atomic E-state index is 6.05. The Bertz CT molecular complexity index is 531. The van der Waals surface area contributed by atoms with Crippen LogP contribution in [0.1, 0.15) is 17.2 Å². The monoisotopic (exact) mass is 311 g/mol. The van der Waals surface area contributed by atoms with E-state index < -0.39 is 0 Å². The average molecular weight is 312 g/mol. The number of hydrogen-bond donors (Lipinski definition) is 1. The number of nitrogens with two attached hydrogens (primary N) is 1.